The molecule has 0 aromatic carbocycles. The molecule has 0 radical (unpaired) electrons. The van der Waals surface area contributed by atoms with Gasteiger partial charge in [0.25, 0.3) is 0 Å². The first-order valence-corrected chi connectivity index (χ1v) is 2.65. The van der Waals surface area contributed by atoms with Gasteiger partial charge in [-0.3, -0.25) is 4.99 Å². The summed E-state index contributed by atoms with van der Waals surface area (Å²) in [7, 11) is 0. The van der Waals surface area contributed by atoms with Gasteiger partial charge < -0.3 is 0 Å². The minimum Gasteiger partial charge on any atom is -0.273 e. The van der Waals surface area contributed by atoms with Gasteiger partial charge in [-0.25, -0.2) is 4.39 Å². The van der Waals surface area contributed by atoms with Gasteiger partial charge in [-0.2, -0.15) is 0 Å². The van der Waals surface area contributed by atoms with Crippen LogP contribution in [-0.2, 0) is 0 Å². The predicted molar refractivity (Wildman–Crippen MR) is 35.1 cm³/mol. The van der Waals surface area contributed by atoms with Crippen molar-refractivity contribution in [1.82, 2.24) is 0 Å². The lowest BCUT2D eigenvalue weighted by molar-refractivity contribution is 0.376. The normalized spacial score (nSPS) is 32.0. The number of allylic oxidation sites excluding steroid dienone is 1. The number of aliphatic imine (C=N–C) groups is 1. The molecule has 1 heterocycles. The predicted octanol–water partition coefficient (Wildman–Crippen LogP) is 0.967. The number of nitrogens with zero attached hydrogens (tertiary/aromatic N) is 1. The third-order valence-corrected chi connectivity index (χ3v) is 1.10. The number of hydrogen-bond donors (Lipinski definition) is 0. The fourth-order valence-electron chi connectivity index (χ4n) is 0.621. The molecule has 0 aromatic rings. The fourth-order valence-corrected chi connectivity index (χ4v) is 0.621. The summed E-state index contributed by atoms with van der Waals surface area (Å²) >= 11 is 0. The smallest absolute Gasteiger partial charge is 0.152 e. The molecule has 0 aromatic heterocycles. The Labute approximate surface area is 53.3 Å². The van der Waals surface area contributed by atoms with Crippen LogP contribution in [0.4, 0.5) is 4.39 Å². The van der Waals surface area contributed by atoms with Crippen molar-refractivity contribution in [3.05, 3.63) is 12.2 Å². The van der Waals surface area contributed by atoms with Crippen LogP contribution in [0.5, 0.6) is 0 Å². The van der Waals surface area contributed by atoms with Crippen molar-refractivity contribution < 1.29 is 4.39 Å². The lowest BCUT2D eigenvalue weighted by Gasteiger charge is -2.08. The van der Waals surface area contributed by atoms with E-state index in [0.29, 0.717) is 0 Å². The molecule has 1 aliphatic rings. The summed E-state index contributed by atoms with van der Waals surface area (Å²) in [5, 5.41) is 0. The van der Waals surface area contributed by atoms with E-state index >= 15 is 0 Å². The van der Waals surface area contributed by atoms with Gasteiger partial charge in [0.05, 0.1) is 0 Å². The van der Waals surface area contributed by atoms with Crippen LogP contribution in [0.25, 0.3) is 0 Å². The van der Waals surface area contributed by atoms with Crippen LogP contribution >= 0.6 is 0 Å². The lowest BCUT2D eigenvalue weighted by Crippen LogP contribution is -2.17. The van der Waals surface area contributed by atoms with Crippen LogP contribution < -0.4 is 0 Å². The van der Waals surface area contributed by atoms with Crippen LogP contribution in [0.1, 0.15) is 0 Å². The van der Waals surface area contributed by atoms with Gasteiger partial charge in [0.2, 0.25) is 0 Å². The Morgan fingerprint density at radius 2 is 2.44 bits per heavy atom. The van der Waals surface area contributed by atoms with Crippen molar-refractivity contribution >= 4 is 6.21 Å². The summed E-state index contributed by atoms with van der Waals surface area (Å²) in [4.78, 5) is 3.71. The zero-order valence-electron chi connectivity index (χ0n) is 4.79. The lowest BCUT2D eigenvalue weighted by atomic mass is 10.1. The minimum atomic E-state index is -1.10. The molecule has 2 heteroatoms. The Balaban J connectivity index is 2.68. The topological polar surface area (TPSA) is 12.4 Å². The van der Waals surface area contributed by atoms with Gasteiger partial charge >= 0.3 is 0 Å². The molecule has 0 N–H and O–H groups in total. The number of alkyl halides is 1. The summed E-state index contributed by atoms with van der Waals surface area (Å²) in [6.07, 6.45) is 8.33. The molecule has 2 unspecified atom stereocenters. The van der Waals surface area contributed by atoms with Crippen LogP contribution in [0.15, 0.2) is 17.1 Å². The van der Waals surface area contributed by atoms with E-state index in [-0.39, 0.29) is 0 Å². The maximum atomic E-state index is 12.5. The molecule has 1 aliphatic heterocycles. The number of hydrogen-bond acceptors (Lipinski definition) is 1. The molecule has 46 valence electrons. The van der Waals surface area contributed by atoms with Crippen molar-refractivity contribution in [2.45, 2.75) is 12.2 Å². The van der Waals surface area contributed by atoms with E-state index in [9.17, 15) is 4.39 Å². The summed E-state index contributed by atoms with van der Waals surface area (Å²) in [5.74, 6) is 2.23. The van der Waals surface area contributed by atoms with Crippen LogP contribution in [0.3, 0.4) is 0 Å². The average Bonchev–Trinajstić information content (AvgIpc) is 1.89. The SMILES string of the molecule is C#CC1N=CC=CC1F. The highest BCUT2D eigenvalue weighted by Gasteiger charge is 2.14. The standard InChI is InChI=1S/C7H6FN/c1-2-7-6(8)4-3-5-9-7/h1,3-7H. The first-order chi connectivity index (χ1) is 4.34. The zero-order valence-corrected chi connectivity index (χ0v) is 4.79. The molecule has 0 amide bonds. The summed E-state index contributed by atoms with van der Waals surface area (Å²) in [6, 6.07) is -0.602. The molecule has 0 aliphatic carbocycles. The highest BCUT2D eigenvalue weighted by Crippen LogP contribution is 2.06. The largest absolute Gasteiger partial charge is 0.273 e. The molecule has 0 saturated carbocycles. The summed E-state index contributed by atoms with van der Waals surface area (Å²) < 4.78 is 12.5. The van der Waals surface area contributed by atoms with Gasteiger partial charge in [-0.05, 0) is 12.2 Å². The molecule has 0 saturated heterocycles. The Bertz CT molecular complexity index is 188. The van der Waals surface area contributed by atoms with Crippen LogP contribution in [0.2, 0.25) is 0 Å². The van der Waals surface area contributed by atoms with Crippen molar-refractivity contribution in [2.24, 2.45) is 4.99 Å². The molecule has 0 bridgehead atoms. The summed E-state index contributed by atoms with van der Waals surface area (Å²) in [6.45, 7) is 0. The molecular formula is C7H6FN. The molecule has 1 nitrogen and oxygen atoms in total. The van der Waals surface area contributed by atoms with Crippen molar-refractivity contribution in [3.63, 3.8) is 0 Å². The van der Waals surface area contributed by atoms with Gasteiger partial charge in [0.15, 0.2) is 6.17 Å². The van der Waals surface area contributed by atoms with E-state index in [1.54, 1.807) is 6.08 Å². The maximum Gasteiger partial charge on any atom is 0.152 e. The Kier molecular flexibility index (Phi) is 1.64. The van der Waals surface area contributed by atoms with E-state index in [1.165, 1.54) is 12.3 Å². The van der Waals surface area contributed by atoms with E-state index in [0.717, 1.165) is 0 Å². The van der Waals surface area contributed by atoms with E-state index in [1.807, 2.05) is 0 Å². The second-order valence-corrected chi connectivity index (χ2v) is 1.74. The number of terminal acetylenes is 1. The Hall–Kier alpha value is -1.10. The van der Waals surface area contributed by atoms with Gasteiger partial charge in [0.1, 0.15) is 6.04 Å². The van der Waals surface area contributed by atoms with Gasteiger partial charge in [-0.15, -0.1) is 6.42 Å². The van der Waals surface area contributed by atoms with Crippen LogP contribution in [-0.4, -0.2) is 18.4 Å². The van der Waals surface area contributed by atoms with Crippen LogP contribution in [0, 0.1) is 12.3 Å². The maximum absolute atomic E-state index is 12.5. The third-order valence-electron chi connectivity index (χ3n) is 1.10. The second kappa shape index (κ2) is 2.45. The molecule has 9 heavy (non-hydrogen) atoms. The van der Waals surface area contributed by atoms with Crippen molar-refractivity contribution in [2.75, 3.05) is 0 Å². The van der Waals surface area contributed by atoms with Gasteiger partial charge in [-0.1, -0.05) is 5.92 Å². The zero-order chi connectivity index (χ0) is 6.69. The quantitative estimate of drug-likeness (QED) is 0.425. The highest BCUT2D eigenvalue weighted by molar-refractivity contribution is 5.73. The molecule has 2 atom stereocenters. The number of dihydropyridines is 1. The molecule has 0 fully saturated rings. The monoisotopic (exact) mass is 123 g/mol. The molecule has 1 rings (SSSR count). The third kappa shape index (κ3) is 1.17. The number of rotatable bonds is 0. The summed E-state index contributed by atoms with van der Waals surface area (Å²) in [5.41, 5.74) is 0. The highest BCUT2D eigenvalue weighted by atomic mass is 19.1. The first kappa shape index (κ1) is 6.03. The first-order valence-electron chi connectivity index (χ1n) is 2.65. The minimum absolute atomic E-state index is 0.602. The molecule has 0 spiro atoms. The number of halogens is 1. The van der Waals surface area contributed by atoms with E-state index < -0.39 is 12.2 Å². The van der Waals surface area contributed by atoms with Crippen molar-refractivity contribution in [1.29, 1.82) is 0 Å². The Morgan fingerprint density at radius 1 is 1.67 bits per heavy atom. The van der Waals surface area contributed by atoms with Gasteiger partial charge in [0, 0.05) is 6.21 Å². The average molecular weight is 123 g/mol. The van der Waals surface area contributed by atoms with E-state index in [4.69, 9.17) is 6.42 Å². The molecular weight excluding hydrogens is 117 g/mol. The second-order valence-electron chi connectivity index (χ2n) is 1.74. The van der Waals surface area contributed by atoms with Crippen molar-refractivity contribution in [3.8, 4) is 12.3 Å². The van der Waals surface area contributed by atoms with E-state index in [2.05, 4.69) is 10.9 Å². The fraction of sp³-hybridized carbons (Fsp3) is 0.286. The Morgan fingerprint density at radius 3 is 2.89 bits per heavy atom.